The van der Waals surface area contributed by atoms with E-state index in [1.54, 1.807) is 0 Å². The molecule has 0 atom stereocenters. The molecule has 3 heterocycles. The predicted molar refractivity (Wildman–Crippen MR) is 323 cm³/mol. The van der Waals surface area contributed by atoms with Crippen molar-refractivity contribution in [1.82, 2.24) is 0 Å². The van der Waals surface area contributed by atoms with Gasteiger partial charge in [-0.3, -0.25) is 0 Å². The van der Waals surface area contributed by atoms with Gasteiger partial charge in [-0.15, -0.1) is 0 Å². The second kappa shape index (κ2) is 15.7. The van der Waals surface area contributed by atoms with Crippen LogP contribution in [0.25, 0.3) is 22.1 Å². The van der Waals surface area contributed by atoms with Crippen LogP contribution in [0.2, 0.25) is 19.6 Å². The monoisotopic (exact) mass is 995 g/mol. The van der Waals surface area contributed by atoms with E-state index >= 15 is 0 Å². The molecule has 1 aromatic heterocycles. The van der Waals surface area contributed by atoms with Gasteiger partial charge in [-0.2, -0.15) is 0 Å². The minimum atomic E-state index is -1.99. The highest BCUT2D eigenvalue weighted by atomic mass is 28.3. The van der Waals surface area contributed by atoms with Crippen LogP contribution >= 0.6 is 0 Å². The van der Waals surface area contributed by atoms with E-state index in [-0.39, 0.29) is 44.6 Å². The molecule has 3 aliphatic carbocycles. The van der Waals surface area contributed by atoms with Crippen LogP contribution in [-0.4, -0.2) is 14.8 Å². The number of nitrogens with zero attached hydrogens (tertiary/aromatic N) is 2. The van der Waals surface area contributed by atoms with Crippen LogP contribution in [0, 0.1) is 0 Å². The van der Waals surface area contributed by atoms with Crippen molar-refractivity contribution in [2.24, 2.45) is 0 Å². The first-order valence-electron chi connectivity index (χ1n) is 28.3. The van der Waals surface area contributed by atoms with E-state index in [4.69, 9.17) is 4.42 Å². The van der Waals surface area contributed by atoms with Crippen LogP contribution in [-0.2, 0) is 37.9 Å². The Hall–Kier alpha value is -5.26. The van der Waals surface area contributed by atoms with E-state index in [9.17, 15) is 0 Å². The molecule has 0 saturated heterocycles. The molecule has 0 unspecified atom stereocenters. The summed E-state index contributed by atoms with van der Waals surface area (Å²) in [4.78, 5) is 5.44. The van der Waals surface area contributed by atoms with Crippen LogP contribution in [0.1, 0.15) is 181 Å². The van der Waals surface area contributed by atoms with Crippen LogP contribution in [0.4, 0.5) is 34.1 Å². The Morgan fingerprint density at radius 3 is 1.57 bits per heavy atom. The van der Waals surface area contributed by atoms with Gasteiger partial charge >= 0.3 is 0 Å². The summed E-state index contributed by atoms with van der Waals surface area (Å²) in [6.45, 7) is 44.2. The molecule has 12 rings (SSSR count). The number of fused-ring (bicyclic) bond motifs is 9. The van der Waals surface area contributed by atoms with Gasteiger partial charge in [0, 0.05) is 33.7 Å². The molecule has 2 aliphatic heterocycles. The smallest absolute Gasteiger partial charge is 0.297 e. The van der Waals surface area contributed by atoms with Crippen molar-refractivity contribution in [1.29, 1.82) is 0 Å². The highest BCUT2D eigenvalue weighted by molar-refractivity contribution is 7.00. The lowest BCUT2D eigenvalue weighted by Gasteiger charge is -2.47. The van der Waals surface area contributed by atoms with Crippen molar-refractivity contribution in [3.05, 3.63) is 142 Å². The highest BCUT2D eigenvalue weighted by Crippen LogP contribution is 2.55. The largest absolute Gasteiger partial charge is 0.468 e. The standard InChI is InChI=1S/C69H83BN2OSi/c1-63(2,3)43-24-27-55(46(34-43)42-22-20-19-21-23-42)72-58-37-45(74(16,17)18)36-57-60(58)70(62-61(72)47-38-50-53(41-59(47)73-62)69(14,15)33-30-66(50,8)9)54-39-51-52(68(12,13)32-31-67(51,10)11)40-56(54)71(57)44-25-26-48-49(35-44)65(6,7)29-28-64(48,4)5/h19-27,34-41H,28-33H2,1-18H3. The fourth-order valence-electron chi connectivity index (χ4n) is 14.3. The molecule has 0 N–H and O–H groups in total. The highest BCUT2D eigenvalue weighted by Gasteiger charge is 2.51. The van der Waals surface area contributed by atoms with Gasteiger partial charge in [0.25, 0.3) is 6.71 Å². The van der Waals surface area contributed by atoms with Gasteiger partial charge in [-0.25, -0.2) is 0 Å². The molecular formula is C69H83BN2OSi. The maximum Gasteiger partial charge on any atom is 0.297 e. The summed E-state index contributed by atoms with van der Waals surface area (Å²) in [6, 6.07) is 41.8. The minimum absolute atomic E-state index is 0.0178. The number of hydrogen-bond acceptors (Lipinski definition) is 3. The van der Waals surface area contributed by atoms with Crippen LogP contribution < -0.4 is 31.6 Å². The molecule has 0 bridgehead atoms. The van der Waals surface area contributed by atoms with Crippen molar-refractivity contribution in [2.75, 3.05) is 9.80 Å². The summed E-state index contributed by atoms with van der Waals surface area (Å²) < 4.78 is 7.85. The van der Waals surface area contributed by atoms with Gasteiger partial charge in [0.1, 0.15) is 5.58 Å². The third kappa shape index (κ3) is 7.38. The molecule has 382 valence electrons. The Kier molecular flexibility index (Phi) is 10.5. The third-order valence-corrected chi connectivity index (χ3v) is 21.8. The molecule has 5 heteroatoms. The van der Waals surface area contributed by atoms with Crippen molar-refractivity contribution in [3.63, 3.8) is 0 Å². The number of anilines is 6. The second-order valence-corrected chi connectivity index (χ2v) is 34.9. The molecular weight excluding hydrogens is 912 g/mol. The lowest BCUT2D eigenvalue weighted by Crippen LogP contribution is -2.62. The molecule has 0 radical (unpaired) electrons. The first kappa shape index (κ1) is 49.6. The average Bonchev–Trinajstić information content (AvgIpc) is 3.76. The molecule has 0 spiro atoms. The van der Waals surface area contributed by atoms with Gasteiger partial charge in [0.05, 0.1) is 25.1 Å². The summed E-state index contributed by atoms with van der Waals surface area (Å²) in [5, 5.41) is 2.68. The van der Waals surface area contributed by atoms with Crippen molar-refractivity contribution >= 4 is 81.7 Å². The fourth-order valence-corrected chi connectivity index (χ4v) is 15.5. The summed E-state index contributed by atoms with van der Waals surface area (Å²) >= 11 is 0. The van der Waals surface area contributed by atoms with E-state index in [1.807, 2.05) is 0 Å². The number of furan rings is 1. The molecule has 5 aliphatic rings. The quantitative estimate of drug-likeness (QED) is 0.164. The van der Waals surface area contributed by atoms with E-state index in [0.29, 0.717) is 0 Å². The number of hydrogen-bond donors (Lipinski definition) is 0. The van der Waals surface area contributed by atoms with Crippen LogP contribution in [0.5, 0.6) is 0 Å². The first-order chi connectivity index (χ1) is 34.4. The average molecular weight is 995 g/mol. The zero-order valence-corrected chi connectivity index (χ0v) is 49.4. The van der Waals surface area contributed by atoms with Crippen molar-refractivity contribution in [3.8, 4) is 11.1 Å². The minimum Gasteiger partial charge on any atom is -0.468 e. The Labute approximate surface area is 446 Å². The van der Waals surface area contributed by atoms with Gasteiger partial charge in [0.2, 0.25) is 0 Å². The number of benzene rings is 6. The summed E-state index contributed by atoms with van der Waals surface area (Å²) in [7, 11) is -1.99. The molecule has 6 aromatic carbocycles. The lowest BCUT2D eigenvalue weighted by molar-refractivity contribution is 0.332. The normalized spacial score (nSPS) is 20.3. The van der Waals surface area contributed by atoms with E-state index < -0.39 is 8.07 Å². The molecule has 74 heavy (non-hydrogen) atoms. The lowest BCUT2D eigenvalue weighted by atomic mass is 9.35. The molecule has 0 fully saturated rings. The second-order valence-electron chi connectivity index (χ2n) is 29.8. The Balaban J connectivity index is 1.27. The fraction of sp³-hybridized carbons (Fsp3) is 0.449. The van der Waals surface area contributed by atoms with Gasteiger partial charge < -0.3 is 14.2 Å². The van der Waals surface area contributed by atoms with E-state index in [2.05, 4.69) is 236 Å². The van der Waals surface area contributed by atoms with E-state index in [1.165, 1.54) is 119 Å². The molecule has 7 aromatic rings. The third-order valence-electron chi connectivity index (χ3n) is 19.8. The molecule has 3 nitrogen and oxygen atoms in total. The molecule has 0 amide bonds. The van der Waals surface area contributed by atoms with E-state index in [0.717, 1.165) is 36.9 Å². The summed E-state index contributed by atoms with van der Waals surface area (Å²) in [5.74, 6) is 0. The van der Waals surface area contributed by atoms with Crippen molar-refractivity contribution in [2.45, 2.75) is 200 Å². The SMILES string of the molecule is CC(C)(C)c1ccc(N2c3cc([Si](C)(C)C)cc4c3B(c3cc5c(cc3N4c3ccc4c(c3)C(C)(C)CCC4(C)C)C(C)(C)CCC5(C)C)c3oc4cc5c(cc4c32)C(C)(C)CCC5(C)C)c(-c2ccccc2)c1. The topological polar surface area (TPSA) is 19.6 Å². The van der Waals surface area contributed by atoms with Gasteiger partial charge in [0.15, 0.2) is 0 Å². The number of rotatable bonds is 4. The summed E-state index contributed by atoms with van der Waals surface area (Å²) in [6.07, 6.45) is 6.99. The van der Waals surface area contributed by atoms with Crippen molar-refractivity contribution < 1.29 is 4.42 Å². The van der Waals surface area contributed by atoms with Gasteiger partial charge in [-0.1, -0.05) is 177 Å². The maximum atomic E-state index is 7.85. The molecule has 0 saturated carbocycles. The first-order valence-corrected chi connectivity index (χ1v) is 31.8. The van der Waals surface area contributed by atoms with Crippen LogP contribution in [0.15, 0.2) is 108 Å². The Morgan fingerprint density at radius 2 is 1.00 bits per heavy atom. The maximum absolute atomic E-state index is 7.85. The summed E-state index contributed by atoms with van der Waals surface area (Å²) in [5.41, 5.74) is 25.2. The predicted octanol–water partition coefficient (Wildman–Crippen LogP) is 17.1. The Bertz CT molecular complexity index is 3490. The zero-order chi connectivity index (χ0) is 52.8. The van der Waals surface area contributed by atoms with Gasteiger partial charge in [-0.05, 0) is 186 Å². The Morgan fingerprint density at radius 1 is 0.486 bits per heavy atom. The zero-order valence-electron chi connectivity index (χ0n) is 48.4. The van der Waals surface area contributed by atoms with Crippen LogP contribution in [0.3, 0.4) is 0 Å².